The number of nitrogens with zero attached hydrogens (tertiary/aromatic N) is 1. The van der Waals surface area contributed by atoms with Crippen molar-refractivity contribution in [2.75, 3.05) is 24.9 Å². The van der Waals surface area contributed by atoms with Gasteiger partial charge in [-0.2, -0.15) is 12.7 Å². The van der Waals surface area contributed by atoms with Gasteiger partial charge in [0.2, 0.25) is 0 Å². The fourth-order valence-electron chi connectivity index (χ4n) is 1.49. The third-order valence-corrected chi connectivity index (χ3v) is 4.16. The topological polar surface area (TPSA) is 78.9 Å². The zero-order chi connectivity index (χ0) is 13.8. The molecule has 0 amide bonds. The highest BCUT2D eigenvalue weighted by Gasteiger charge is 2.20. The van der Waals surface area contributed by atoms with Crippen molar-refractivity contribution in [1.82, 2.24) is 4.31 Å². The van der Waals surface area contributed by atoms with Crippen LogP contribution in [0.4, 0.5) is 5.69 Å². The predicted octanol–water partition coefficient (Wildman–Crippen LogP) is 1.40. The molecule has 18 heavy (non-hydrogen) atoms. The molecular formula is C11H18N2O4S. The van der Waals surface area contributed by atoms with Crippen molar-refractivity contribution in [3.05, 3.63) is 18.2 Å². The van der Waals surface area contributed by atoms with Gasteiger partial charge >= 0.3 is 10.2 Å². The first kappa shape index (κ1) is 14.6. The molecule has 0 aliphatic rings. The number of rotatable bonds is 6. The van der Waals surface area contributed by atoms with Crippen LogP contribution in [-0.2, 0) is 10.2 Å². The Labute approximate surface area is 107 Å². The highest BCUT2D eigenvalue weighted by molar-refractivity contribution is 7.90. The molecule has 0 bridgehead atoms. The van der Waals surface area contributed by atoms with E-state index >= 15 is 0 Å². The summed E-state index contributed by atoms with van der Waals surface area (Å²) in [5.74, 6) is 0.316. The summed E-state index contributed by atoms with van der Waals surface area (Å²) in [5, 5.41) is 9.62. The number of phenols is 1. The molecule has 0 spiro atoms. The molecule has 102 valence electrons. The second-order valence-corrected chi connectivity index (χ2v) is 5.25. The number of ether oxygens (including phenoxy) is 1. The number of methoxy groups -OCH3 is 1. The van der Waals surface area contributed by atoms with E-state index in [-0.39, 0.29) is 11.4 Å². The molecule has 7 heteroatoms. The molecule has 0 aromatic heterocycles. The summed E-state index contributed by atoms with van der Waals surface area (Å²) in [7, 11) is -2.19. The Morgan fingerprint density at radius 1 is 1.33 bits per heavy atom. The average Bonchev–Trinajstić information content (AvgIpc) is 2.33. The third kappa shape index (κ3) is 3.27. The fraction of sp³-hybridized carbons (Fsp3) is 0.455. The van der Waals surface area contributed by atoms with Crippen LogP contribution in [0, 0.1) is 0 Å². The number of benzene rings is 1. The predicted molar refractivity (Wildman–Crippen MR) is 70.1 cm³/mol. The molecule has 0 aliphatic carbocycles. The Morgan fingerprint density at radius 3 is 2.44 bits per heavy atom. The van der Waals surface area contributed by atoms with Crippen LogP contribution in [0.5, 0.6) is 11.5 Å². The Morgan fingerprint density at radius 2 is 1.94 bits per heavy atom. The maximum Gasteiger partial charge on any atom is 0.301 e. The van der Waals surface area contributed by atoms with Gasteiger partial charge in [0.1, 0.15) is 11.5 Å². The van der Waals surface area contributed by atoms with Crippen molar-refractivity contribution in [3.8, 4) is 11.5 Å². The molecule has 0 aliphatic heterocycles. The Balaban J connectivity index is 3.03. The van der Waals surface area contributed by atoms with Crippen LogP contribution < -0.4 is 9.46 Å². The van der Waals surface area contributed by atoms with Crippen molar-refractivity contribution in [3.63, 3.8) is 0 Å². The molecule has 0 unspecified atom stereocenters. The van der Waals surface area contributed by atoms with Crippen LogP contribution in [0.2, 0.25) is 0 Å². The largest absolute Gasteiger partial charge is 0.506 e. The highest BCUT2D eigenvalue weighted by atomic mass is 32.2. The molecule has 6 nitrogen and oxygen atoms in total. The number of aromatic hydroxyl groups is 1. The molecule has 1 aromatic carbocycles. The molecule has 0 fully saturated rings. The Bertz CT molecular complexity index is 498. The Hall–Kier alpha value is -1.47. The van der Waals surface area contributed by atoms with Gasteiger partial charge in [-0.1, -0.05) is 13.8 Å². The van der Waals surface area contributed by atoms with E-state index in [0.717, 1.165) is 0 Å². The number of hydrogen-bond donors (Lipinski definition) is 2. The molecule has 0 saturated carbocycles. The minimum atomic E-state index is -3.66. The molecular weight excluding hydrogens is 256 g/mol. The van der Waals surface area contributed by atoms with Crippen LogP contribution in [-0.4, -0.2) is 38.0 Å². The number of anilines is 1. The lowest BCUT2D eigenvalue weighted by Gasteiger charge is -2.20. The first-order valence-electron chi connectivity index (χ1n) is 5.59. The van der Waals surface area contributed by atoms with Gasteiger partial charge in [-0.3, -0.25) is 4.72 Å². The van der Waals surface area contributed by atoms with E-state index in [9.17, 15) is 13.5 Å². The van der Waals surface area contributed by atoms with Gasteiger partial charge in [0.25, 0.3) is 0 Å². The van der Waals surface area contributed by atoms with Gasteiger partial charge in [-0.15, -0.1) is 0 Å². The SMILES string of the molecule is CCN(CC)S(=O)(=O)Nc1cc(OC)ccc1O. The summed E-state index contributed by atoms with van der Waals surface area (Å²) in [6.45, 7) is 4.20. The van der Waals surface area contributed by atoms with Gasteiger partial charge in [-0.05, 0) is 12.1 Å². The van der Waals surface area contributed by atoms with Crippen molar-refractivity contribution < 1.29 is 18.3 Å². The summed E-state index contributed by atoms with van der Waals surface area (Å²) >= 11 is 0. The van der Waals surface area contributed by atoms with E-state index in [1.807, 2.05) is 0 Å². The maximum absolute atomic E-state index is 12.0. The summed E-state index contributed by atoms with van der Waals surface area (Å²) in [6, 6.07) is 4.35. The molecule has 2 N–H and O–H groups in total. The van der Waals surface area contributed by atoms with Crippen LogP contribution in [0.3, 0.4) is 0 Å². The summed E-state index contributed by atoms with van der Waals surface area (Å²) in [4.78, 5) is 0. The summed E-state index contributed by atoms with van der Waals surface area (Å²) in [6.07, 6.45) is 0. The zero-order valence-corrected chi connectivity index (χ0v) is 11.5. The lowest BCUT2D eigenvalue weighted by atomic mass is 10.3. The first-order chi connectivity index (χ1) is 8.44. The lowest BCUT2D eigenvalue weighted by molar-refractivity contribution is 0.412. The van der Waals surface area contributed by atoms with Crippen LogP contribution in [0.25, 0.3) is 0 Å². The monoisotopic (exact) mass is 274 g/mol. The fourth-order valence-corrected chi connectivity index (χ4v) is 2.74. The summed E-state index contributed by atoms with van der Waals surface area (Å²) in [5.41, 5.74) is 0.0984. The lowest BCUT2D eigenvalue weighted by Crippen LogP contribution is -2.35. The minimum absolute atomic E-state index is 0.0984. The van der Waals surface area contributed by atoms with E-state index in [2.05, 4.69) is 4.72 Å². The Kier molecular flexibility index (Phi) is 4.80. The van der Waals surface area contributed by atoms with Crippen LogP contribution >= 0.6 is 0 Å². The van der Waals surface area contributed by atoms with Gasteiger partial charge in [0, 0.05) is 19.2 Å². The first-order valence-corrected chi connectivity index (χ1v) is 7.03. The maximum atomic E-state index is 12.0. The normalized spacial score (nSPS) is 11.6. The van der Waals surface area contributed by atoms with Crippen molar-refractivity contribution >= 4 is 15.9 Å². The van der Waals surface area contributed by atoms with Gasteiger partial charge < -0.3 is 9.84 Å². The van der Waals surface area contributed by atoms with Crippen LogP contribution in [0.15, 0.2) is 18.2 Å². The van der Waals surface area contributed by atoms with Crippen molar-refractivity contribution in [1.29, 1.82) is 0 Å². The zero-order valence-electron chi connectivity index (χ0n) is 10.7. The standard InChI is InChI=1S/C11H18N2O4S/c1-4-13(5-2)18(15,16)12-10-8-9(17-3)6-7-11(10)14/h6-8,12,14H,4-5H2,1-3H3. The molecule has 1 aromatic rings. The van der Waals surface area contributed by atoms with Gasteiger partial charge in [0.05, 0.1) is 12.8 Å². The highest BCUT2D eigenvalue weighted by Crippen LogP contribution is 2.29. The second kappa shape index (κ2) is 5.92. The molecule has 0 saturated heterocycles. The van der Waals surface area contributed by atoms with Gasteiger partial charge in [0.15, 0.2) is 0 Å². The molecule has 0 atom stereocenters. The van der Waals surface area contributed by atoms with E-state index in [1.54, 1.807) is 19.9 Å². The van der Waals surface area contributed by atoms with E-state index in [1.165, 1.54) is 23.5 Å². The second-order valence-electron chi connectivity index (χ2n) is 3.57. The van der Waals surface area contributed by atoms with Gasteiger partial charge in [-0.25, -0.2) is 0 Å². The quantitative estimate of drug-likeness (QED) is 0.769. The van der Waals surface area contributed by atoms with E-state index in [4.69, 9.17) is 4.74 Å². The smallest absolute Gasteiger partial charge is 0.301 e. The number of nitrogens with one attached hydrogen (secondary N) is 1. The molecule has 0 heterocycles. The number of hydrogen-bond acceptors (Lipinski definition) is 4. The van der Waals surface area contributed by atoms with E-state index in [0.29, 0.717) is 18.8 Å². The summed E-state index contributed by atoms with van der Waals surface area (Å²) < 4.78 is 32.5. The number of phenolic OH excluding ortho intramolecular Hbond substituents is 1. The van der Waals surface area contributed by atoms with Crippen LogP contribution in [0.1, 0.15) is 13.8 Å². The average molecular weight is 274 g/mol. The van der Waals surface area contributed by atoms with Crippen molar-refractivity contribution in [2.45, 2.75) is 13.8 Å². The third-order valence-electron chi connectivity index (χ3n) is 2.49. The molecule has 1 rings (SSSR count). The van der Waals surface area contributed by atoms with E-state index < -0.39 is 10.2 Å². The minimum Gasteiger partial charge on any atom is -0.506 e. The molecule has 0 radical (unpaired) electrons. The van der Waals surface area contributed by atoms with Crippen molar-refractivity contribution in [2.24, 2.45) is 0 Å².